The summed E-state index contributed by atoms with van der Waals surface area (Å²) >= 11 is 0. The van der Waals surface area contributed by atoms with Crippen LogP contribution in [0.15, 0.2) is 36.7 Å². The van der Waals surface area contributed by atoms with Crippen molar-refractivity contribution >= 4 is 11.6 Å². The van der Waals surface area contributed by atoms with Crippen molar-refractivity contribution in [3.63, 3.8) is 0 Å². The van der Waals surface area contributed by atoms with Crippen LogP contribution in [0.3, 0.4) is 0 Å². The zero-order valence-electron chi connectivity index (χ0n) is 13.2. The first-order valence-corrected chi connectivity index (χ1v) is 8.39. The lowest BCUT2D eigenvalue weighted by molar-refractivity contribution is 0.266. The Balaban J connectivity index is 1.53. The number of aliphatic hydroxyl groups is 1. The number of aromatic nitrogens is 2. The van der Waals surface area contributed by atoms with Crippen molar-refractivity contribution in [2.75, 3.05) is 23.4 Å². The summed E-state index contributed by atoms with van der Waals surface area (Å²) in [5, 5.41) is 13.1. The van der Waals surface area contributed by atoms with Crippen molar-refractivity contribution in [2.24, 2.45) is 0 Å². The SMILES string of the molecule is OC[C@H]1CCCN1c1cc(N[C@@H]2CCc3ccccc32)ncn1. The molecule has 0 unspecified atom stereocenters. The molecule has 1 aromatic heterocycles. The van der Waals surface area contributed by atoms with Crippen LogP contribution in [0, 0.1) is 0 Å². The normalized spacial score (nSPS) is 23.1. The highest BCUT2D eigenvalue weighted by Gasteiger charge is 2.26. The number of nitrogens with one attached hydrogen (secondary N) is 1. The molecule has 23 heavy (non-hydrogen) atoms. The van der Waals surface area contributed by atoms with Gasteiger partial charge < -0.3 is 15.3 Å². The first kappa shape index (κ1) is 14.5. The fraction of sp³-hybridized carbons (Fsp3) is 0.444. The Bertz CT molecular complexity index is 690. The average molecular weight is 310 g/mol. The molecule has 0 spiro atoms. The van der Waals surface area contributed by atoms with Crippen LogP contribution >= 0.6 is 0 Å². The standard InChI is InChI=1S/C18H22N4O/c23-11-14-5-3-9-22(14)18-10-17(19-12-20-18)21-16-8-7-13-4-1-2-6-15(13)16/h1-2,4,6,10,12,14,16,23H,3,5,7-9,11H2,(H,19,20,21)/t14-,16-/m1/s1. The van der Waals surface area contributed by atoms with Gasteiger partial charge in [0.15, 0.2) is 0 Å². The number of fused-ring (bicyclic) bond motifs is 1. The Morgan fingerprint density at radius 2 is 2.13 bits per heavy atom. The molecule has 0 amide bonds. The molecule has 1 saturated heterocycles. The molecule has 1 fully saturated rings. The third-order valence-electron chi connectivity index (χ3n) is 4.99. The molecule has 1 aromatic carbocycles. The number of hydrogen-bond donors (Lipinski definition) is 2. The summed E-state index contributed by atoms with van der Waals surface area (Å²) in [6, 6.07) is 11.1. The van der Waals surface area contributed by atoms with E-state index in [-0.39, 0.29) is 12.6 Å². The molecule has 2 N–H and O–H groups in total. The van der Waals surface area contributed by atoms with Gasteiger partial charge in [-0.05, 0) is 36.8 Å². The second kappa shape index (κ2) is 6.16. The first-order valence-electron chi connectivity index (χ1n) is 8.39. The van der Waals surface area contributed by atoms with Gasteiger partial charge in [0.25, 0.3) is 0 Å². The molecule has 120 valence electrons. The van der Waals surface area contributed by atoms with Gasteiger partial charge in [0.05, 0.1) is 18.7 Å². The van der Waals surface area contributed by atoms with E-state index in [1.54, 1.807) is 6.33 Å². The molecular formula is C18H22N4O. The van der Waals surface area contributed by atoms with E-state index in [9.17, 15) is 5.11 Å². The monoisotopic (exact) mass is 310 g/mol. The van der Waals surface area contributed by atoms with E-state index in [0.29, 0.717) is 6.04 Å². The zero-order valence-corrected chi connectivity index (χ0v) is 13.2. The maximum absolute atomic E-state index is 9.51. The largest absolute Gasteiger partial charge is 0.394 e. The first-order chi connectivity index (χ1) is 11.3. The molecule has 2 aliphatic rings. The van der Waals surface area contributed by atoms with E-state index in [0.717, 1.165) is 43.9 Å². The van der Waals surface area contributed by atoms with Gasteiger partial charge >= 0.3 is 0 Å². The smallest absolute Gasteiger partial charge is 0.134 e. The Kier molecular flexibility index (Phi) is 3.87. The lowest BCUT2D eigenvalue weighted by Gasteiger charge is -2.24. The molecule has 0 saturated carbocycles. The lowest BCUT2D eigenvalue weighted by Crippen LogP contribution is -2.32. The van der Waals surface area contributed by atoms with Gasteiger partial charge in [-0.15, -0.1) is 0 Å². The number of benzene rings is 1. The molecule has 4 rings (SSSR count). The highest BCUT2D eigenvalue weighted by molar-refractivity contribution is 5.52. The topological polar surface area (TPSA) is 61.3 Å². The van der Waals surface area contributed by atoms with Crippen LogP contribution in [0.25, 0.3) is 0 Å². The molecule has 2 aromatic rings. The summed E-state index contributed by atoms with van der Waals surface area (Å²) in [6.07, 6.45) is 5.96. The van der Waals surface area contributed by atoms with Crippen LogP contribution in [-0.2, 0) is 6.42 Å². The Morgan fingerprint density at radius 1 is 1.22 bits per heavy atom. The third kappa shape index (κ3) is 2.77. The number of nitrogens with zero attached hydrogens (tertiary/aromatic N) is 3. The van der Waals surface area contributed by atoms with Crippen molar-refractivity contribution < 1.29 is 5.11 Å². The van der Waals surface area contributed by atoms with Crippen molar-refractivity contribution in [3.8, 4) is 0 Å². The predicted octanol–water partition coefficient (Wildman–Crippen LogP) is 2.54. The maximum Gasteiger partial charge on any atom is 0.134 e. The van der Waals surface area contributed by atoms with Crippen LogP contribution in [0.2, 0.25) is 0 Å². The Labute approximate surface area is 136 Å². The van der Waals surface area contributed by atoms with Gasteiger partial charge in [0, 0.05) is 12.6 Å². The van der Waals surface area contributed by atoms with Crippen LogP contribution < -0.4 is 10.2 Å². The minimum atomic E-state index is 0.183. The van der Waals surface area contributed by atoms with E-state index in [2.05, 4.69) is 44.5 Å². The van der Waals surface area contributed by atoms with Crippen molar-refractivity contribution in [2.45, 2.75) is 37.8 Å². The maximum atomic E-state index is 9.51. The van der Waals surface area contributed by atoms with Crippen LogP contribution in [-0.4, -0.2) is 34.3 Å². The van der Waals surface area contributed by atoms with E-state index in [4.69, 9.17) is 0 Å². The summed E-state index contributed by atoms with van der Waals surface area (Å²) in [5.41, 5.74) is 2.81. The predicted molar refractivity (Wildman–Crippen MR) is 90.6 cm³/mol. The summed E-state index contributed by atoms with van der Waals surface area (Å²) < 4.78 is 0. The molecule has 5 nitrogen and oxygen atoms in total. The second-order valence-corrected chi connectivity index (χ2v) is 6.37. The molecule has 1 aliphatic heterocycles. The van der Waals surface area contributed by atoms with E-state index >= 15 is 0 Å². The lowest BCUT2D eigenvalue weighted by atomic mass is 10.1. The Morgan fingerprint density at radius 3 is 3.04 bits per heavy atom. The molecular weight excluding hydrogens is 288 g/mol. The van der Waals surface area contributed by atoms with Gasteiger partial charge in [-0.2, -0.15) is 0 Å². The van der Waals surface area contributed by atoms with E-state index in [1.807, 2.05) is 6.07 Å². The van der Waals surface area contributed by atoms with Gasteiger partial charge in [-0.25, -0.2) is 9.97 Å². The minimum Gasteiger partial charge on any atom is -0.394 e. The quantitative estimate of drug-likeness (QED) is 0.909. The summed E-state index contributed by atoms with van der Waals surface area (Å²) in [4.78, 5) is 11.0. The third-order valence-corrected chi connectivity index (χ3v) is 4.99. The number of anilines is 2. The number of aryl methyl sites for hydroxylation is 1. The number of rotatable bonds is 4. The molecule has 2 heterocycles. The molecule has 5 heteroatoms. The van der Waals surface area contributed by atoms with Gasteiger partial charge in [-0.3, -0.25) is 0 Å². The highest BCUT2D eigenvalue weighted by atomic mass is 16.3. The minimum absolute atomic E-state index is 0.183. The molecule has 0 bridgehead atoms. The van der Waals surface area contributed by atoms with Crippen molar-refractivity contribution in [3.05, 3.63) is 47.8 Å². The van der Waals surface area contributed by atoms with Gasteiger partial charge in [-0.1, -0.05) is 24.3 Å². The van der Waals surface area contributed by atoms with E-state index < -0.39 is 0 Å². The average Bonchev–Trinajstić information content (AvgIpc) is 3.22. The molecule has 0 radical (unpaired) electrons. The fourth-order valence-corrected chi connectivity index (χ4v) is 3.80. The molecule has 2 atom stereocenters. The van der Waals surface area contributed by atoms with Crippen LogP contribution in [0.5, 0.6) is 0 Å². The van der Waals surface area contributed by atoms with Crippen LogP contribution in [0.4, 0.5) is 11.6 Å². The number of hydrogen-bond acceptors (Lipinski definition) is 5. The molecule has 1 aliphatic carbocycles. The van der Waals surface area contributed by atoms with Gasteiger partial charge in [0.1, 0.15) is 18.0 Å². The van der Waals surface area contributed by atoms with Gasteiger partial charge in [0.2, 0.25) is 0 Å². The fourth-order valence-electron chi connectivity index (χ4n) is 3.80. The van der Waals surface area contributed by atoms with E-state index in [1.165, 1.54) is 11.1 Å². The summed E-state index contributed by atoms with van der Waals surface area (Å²) in [6.45, 7) is 1.14. The van der Waals surface area contributed by atoms with Crippen molar-refractivity contribution in [1.82, 2.24) is 9.97 Å². The highest BCUT2D eigenvalue weighted by Crippen LogP contribution is 2.34. The second-order valence-electron chi connectivity index (χ2n) is 6.37. The van der Waals surface area contributed by atoms with Crippen LogP contribution in [0.1, 0.15) is 36.4 Å². The number of aliphatic hydroxyl groups excluding tert-OH is 1. The summed E-state index contributed by atoms with van der Waals surface area (Å²) in [5.74, 6) is 1.77. The summed E-state index contributed by atoms with van der Waals surface area (Å²) in [7, 11) is 0. The van der Waals surface area contributed by atoms with Crippen molar-refractivity contribution in [1.29, 1.82) is 0 Å². The Hall–Kier alpha value is -2.14. The zero-order chi connectivity index (χ0) is 15.6.